The fourth-order valence-corrected chi connectivity index (χ4v) is 2.84. The summed E-state index contributed by atoms with van der Waals surface area (Å²) in [5, 5.41) is 14.2. The lowest BCUT2D eigenvalue weighted by Crippen LogP contribution is -2.05. The summed E-state index contributed by atoms with van der Waals surface area (Å²) in [6, 6.07) is 12.9. The Morgan fingerprint density at radius 1 is 1.21 bits per heavy atom. The average molecular weight is 446 g/mol. The highest BCUT2D eigenvalue weighted by Gasteiger charge is 2.15. The molecule has 0 radical (unpaired) electrons. The number of nitrogens with zero attached hydrogens (tertiary/aromatic N) is 2. The molecule has 3 rings (SSSR count). The predicted molar refractivity (Wildman–Crippen MR) is 108 cm³/mol. The molecule has 1 aromatic heterocycles. The summed E-state index contributed by atoms with van der Waals surface area (Å²) in [4.78, 5) is 15.1. The van der Waals surface area contributed by atoms with Crippen molar-refractivity contribution in [2.24, 2.45) is 0 Å². The van der Waals surface area contributed by atoms with Crippen LogP contribution in [0.15, 0.2) is 59.2 Å². The van der Waals surface area contributed by atoms with Gasteiger partial charge in [-0.2, -0.15) is 0 Å². The molecule has 0 atom stereocenters. The molecule has 0 fully saturated rings. The van der Waals surface area contributed by atoms with E-state index in [1.807, 2.05) is 19.1 Å². The zero-order valence-electron chi connectivity index (χ0n) is 15.0. The molecule has 0 amide bonds. The maximum Gasteiger partial charge on any atom is 0.292 e. The molecule has 0 aliphatic heterocycles. The number of pyridine rings is 1. The Labute approximate surface area is 169 Å². The topological polar surface area (TPSA) is 77.3 Å². The van der Waals surface area contributed by atoms with Crippen LogP contribution in [0.5, 0.6) is 5.75 Å². The van der Waals surface area contributed by atoms with Crippen LogP contribution in [0.3, 0.4) is 0 Å². The molecule has 6 nitrogen and oxygen atoms in total. The van der Waals surface area contributed by atoms with Crippen LogP contribution in [0, 0.1) is 22.9 Å². The van der Waals surface area contributed by atoms with Gasteiger partial charge in [0.1, 0.15) is 23.9 Å². The lowest BCUT2D eigenvalue weighted by atomic mass is 10.2. The Balaban J connectivity index is 1.75. The standard InChI is InChI=1S/C20H17BrFN3O3/c1-13-2-5-16(23-10-13)12-28-17-6-7-20(25(26)27)19(9-17)24-11-14-3-4-15(21)8-18(14)22/h2-10,24H,11-12H2,1H3. The van der Waals surface area contributed by atoms with E-state index in [1.165, 1.54) is 24.3 Å². The number of nitro benzene ring substituents is 1. The summed E-state index contributed by atoms with van der Waals surface area (Å²) < 4.78 is 20.3. The number of nitro groups is 1. The van der Waals surface area contributed by atoms with Gasteiger partial charge in [0, 0.05) is 34.9 Å². The van der Waals surface area contributed by atoms with E-state index in [2.05, 4.69) is 26.2 Å². The maximum atomic E-state index is 14.0. The first kappa shape index (κ1) is 19.8. The van der Waals surface area contributed by atoms with Gasteiger partial charge in [0.05, 0.1) is 10.6 Å². The fraction of sp³-hybridized carbons (Fsp3) is 0.150. The first-order valence-corrected chi connectivity index (χ1v) is 9.22. The smallest absolute Gasteiger partial charge is 0.292 e. The van der Waals surface area contributed by atoms with E-state index in [-0.39, 0.29) is 24.5 Å². The van der Waals surface area contributed by atoms with Crippen molar-refractivity contribution in [3.63, 3.8) is 0 Å². The molecule has 2 aromatic carbocycles. The molecular formula is C20H17BrFN3O3. The Hall–Kier alpha value is -3.00. The van der Waals surface area contributed by atoms with Crippen molar-refractivity contribution in [2.45, 2.75) is 20.1 Å². The van der Waals surface area contributed by atoms with E-state index >= 15 is 0 Å². The molecule has 28 heavy (non-hydrogen) atoms. The summed E-state index contributed by atoms with van der Waals surface area (Å²) >= 11 is 3.20. The van der Waals surface area contributed by atoms with Gasteiger partial charge in [0.25, 0.3) is 5.69 Å². The zero-order chi connectivity index (χ0) is 20.1. The largest absolute Gasteiger partial charge is 0.487 e. The zero-order valence-corrected chi connectivity index (χ0v) is 16.6. The van der Waals surface area contributed by atoms with Crippen LogP contribution >= 0.6 is 15.9 Å². The lowest BCUT2D eigenvalue weighted by molar-refractivity contribution is -0.384. The second-order valence-electron chi connectivity index (χ2n) is 6.14. The monoisotopic (exact) mass is 445 g/mol. The highest BCUT2D eigenvalue weighted by molar-refractivity contribution is 9.10. The molecule has 0 saturated heterocycles. The maximum absolute atomic E-state index is 14.0. The van der Waals surface area contributed by atoms with Crippen LogP contribution in [0.4, 0.5) is 15.8 Å². The Kier molecular flexibility index (Phi) is 6.20. The number of aryl methyl sites for hydroxylation is 1. The van der Waals surface area contributed by atoms with Gasteiger partial charge in [-0.25, -0.2) is 4.39 Å². The van der Waals surface area contributed by atoms with Crippen LogP contribution in [-0.4, -0.2) is 9.91 Å². The van der Waals surface area contributed by atoms with Crippen molar-refractivity contribution in [3.8, 4) is 5.75 Å². The number of ether oxygens (including phenoxy) is 1. The molecule has 1 heterocycles. The van der Waals surface area contributed by atoms with Gasteiger partial charge < -0.3 is 10.1 Å². The average Bonchev–Trinajstić information content (AvgIpc) is 2.67. The Bertz CT molecular complexity index is 996. The molecule has 0 aliphatic carbocycles. The van der Waals surface area contributed by atoms with Gasteiger partial charge in [-0.15, -0.1) is 0 Å². The highest BCUT2D eigenvalue weighted by Crippen LogP contribution is 2.30. The van der Waals surface area contributed by atoms with Crippen molar-refractivity contribution in [2.75, 3.05) is 5.32 Å². The van der Waals surface area contributed by atoms with E-state index in [4.69, 9.17) is 4.74 Å². The number of hydrogen-bond acceptors (Lipinski definition) is 5. The molecular weight excluding hydrogens is 429 g/mol. The second kappa shape index (κ2) is 8.79. The van der Waals surface area contributed by atoms with E-state index < -0.39 is 10.7 Å². The summed E-state index contributed by atoms with van der Waals surface area (Å²) in [6.45, 7) is 2.28. The van der Waals surface area contributed by atoms with E-state index in [0.717, 1.165) is 11.3 Å². The quantitative estimate of drug-likeness (QED) is 0.389. The van der Waals surface area contributed by atoms with Crippen LogP contribution in [0.25, 0.3) is 0 Å². The molecule has 0 bridgehead atoms. The SMILES string of the molecule is Cc1ccc(COc2ccc([N+](=O)[O-])c(NCc3ccc(Br)cc3F)c2)nc1. The minimum absolute atomic E-state index is 0.100. The van der Waals surface area contributed by atoms with Gasteiger partial charge in [-0.05, 0) is 36.8 Å². The first-order valence-electron chi connectivity index (χ1n) is 8.43. The Morgan fingerprint density at radius 2 is 2.04 bits per heavy atom. The Morgan fingerprint density at radius 3 is 2.71 bits per heavy atom. The van der Waals surface area contributed by atoms with Gasteiger partial charge in [0.15, 0.2) is 0 Å². The summed E-state index contributed by atoms with van der Waals surface area (Å²) in [5.41, 5.74) is 2.33. The van der Waals surface area contributed by atoms with Crippen molar-refractivity contribution in [1.29, 1.82) is 0 Å². The third-order valence-corrected chi connectivity index (χ3v) is 4.50. The molecule has 3 aromatic rings. The third-order valence-electron chi connectivity index (χ3n) is 4.01. The molecule has 0 unspecified atom stereocenters. The molecule has 8 heteroatoms. The molecule has 144 valence electrons. The van der Waals surface area contributed by atoms with Crippen LogP contribution in [-0.2, 0) is 13.2 Å². The number of rotatable bonds is 7. The first-order chi connectivity index (χ1) is 13.4. The molecule has 0 saturated carbocycles. The van der Waals surface area contributed by atoms with Gasteiger partial charge in [0.2, 0.25) is 0 Å². The number of nitrogens with one attached hydrogen (secondary N) is 1. The minimum Gasteiger partial charge on any atom is -0.487 e. The van der Waals surface area contributed by atoms with Crippen molar-refractivity contribution < 1.29 is 14.1 Å². The van der Waals surface area contributed by atoms with Crippen LogP contribution in [0.2, 0.25) is 0 Å². The third kappa shape index (κ3) is 5.04. The number of hydrogen-bond donors (Lipinski definition) is 1. The summed E-state index contributed by atoms with van der Waals surface area (Å²) in [5.74, 6) is 0.0501. The van der Waals surface area contributed by atoms with Crippen LogP contribution < -0.4 is 10.1 Å². The molecule has 0 spiro atoms. The van der Waals surface area contributed by atoms with Crippen molar-refractivity contribution >= 4 is 27.3 Å². The summed E-state index contributed by atoms with van der Waals surface area (Å²) in [6.07, 6.45) is 1.74. The number of aromatic nitrogens is 1. The van der Waals surface area contributed by atoms with Gasteiger partial charge in [-0.1, -0.05) is 28.1 Å². The normalized spacial score (nSPS) is 10.5. The van der Waals surface area contributed by atoms with E-state index in [0.29, 0.717) is 15.8 Å². The summed E-state index contributed by atoms with van der Waals surface area (Å²) in [7, 11) is 0. The minimum atomic E-state index is -0.494. The van der Waals surface area contributed by atoms with Crippen molar-refractivity contribution in [1.82, 2.24) is 4.98 Å². The number of anilines is 1. The number of halogens is 2. The van der Waals surface area contributed by atoms with Crippen molar-refractivity contribution in [3.05, 3.63) is 92.0 Å². The van der Waals surface area contributed by atoms with E-state index in [9.17, 15) is 14.5 Å². The fourth-order valence-electron chi connectivity index (χ4n) is 2.50. The number of benzene rings is 2. The highest BCUT2D eigenvalue weighted by atomic mass is 79.9. The molecule has 1 N–H and O–H groups in total. The van der Waals surface area contributed by atoms with Gasteiger partial charge in [-0.3, -0.25) is 15.1 Å². The second-order valence-corrected chi connectivity index (χ2v) is 7.06. The predicted octanol–water partition coefficient (Wildman–Crippen LogP) is 5.39. The van der Waals surface area contributed by atoms with Crippen LogP contribution in [0.1, 0.15) is 16.8 Å². The van der Waals surface area contributed by atoms with E-state index in [1.54, 1.807) is 18.3 Å². The van der Waals surface area contributed by atoms with Gasteiger partial charge >= 0.3 is 0 Å². The molecule has 0 aliphatic rings. The lowest BCUT2D eigenvalue weighted by Gasteiger charge is -2.11.